The normalized spacial score (nSPS) is 23.9. The highest BCUT2D eigenvalue weighted by atomic mass is 32.2. The molecule has 0 radical (unpaired) electrons. The van der Waals surface area contributed by atoms with Gasteiger partial charge in [0, 0.05) is 30.3 Å². The quantitative estimate of drug-likeness (QED) is 0.562. The summed E-state index contributed by atoms with van der Waals surface area (Å²) in [5.41, 5.74) is -2.12. The molecule has 3 aliphatic rings. The average Bonchev–Trinajstić information content (AvgIpc) is 3.75. The number of nitrogens with zero attached hydrogens (tertiary/aromatic N) is 2. The Hall–Kier alpha value is -3.09. The Labute approximate surface area is 209 Å². The van der Waals surface area contributed by atoms with Crippen molar-refractivity contribution >= 4 is 21.7 Å². The first kappa shape index (κ1) is 25.6. The summed E-state index contributed by atoms with van der Waals surface area (Å²) in [5, 5.41) is 2.64. The minimum Gasteiger partial charge on any atom is -0.347 e. The number of amides is 2. The van der Waals surface area contributed by atoms with Crippen molar-refractivity contribution in [3.8, 4) is 0 Å². The van der Waals surface area contributed by atoms with Gasteiger partial charge in [0.2, 0.25) is 5.91 Å². The zero-order valence-electron chi connectivity index (χ0n) is 19.4. The molecule has 37 heavy (non-hydrogen) atoms. The van der Waals surface area contributed by atoms with E-state index in [0.717, 1.165) is 12.5 Å². The lowest BCUT2D eigenvalue weighted by molar-refractivity contribution is -0.140. The molecule has 2 heterocycles. The summed E-state index contributed by atoms with van der Waals surface area (Å²) in [7, 11) is -3.63. The lowest BCUT2D eigenvalue weighted by Gasteiger charge is -2.29. The molecule has 1 aromatic carbocycles. The van der Waals surface area contributed by atoms with Gasteiger partial charge in [-0.2, -0.15) is 13.2 Å². The van der Waals surface area contributed by atoms with Gasteiger partial charge in [0.25, 0.3) is 5.91 Å². The van der Waals surface area contributed by atoms with E-state index in [9.17, 15) is 40.0 Å². The predicted molar refractivity (Wildman–Crippen MR) is 119 cm³/mol. The second kappa shape index (κ2) is 8.74. The lowest BCUT2D eigenvalue weighted by atomic mass is 9.98. The molecule has 1 aliphatic heterocycles. The number of benzene rings is 1. The molecule has 4 unspecified atom stereocenters. The largest absolute Gasteiger partial charge is 0.419 e. The highest BCUT2D eigenvalue weighted by Gasteiger charge is 2.56. The van der Waals surface area contributed by atoms with Crippen LogP contribution in [0.15, 0.2) is 35.5 Å². The van der Waals surface area contributed by atoms with Crippen molar-refractivity contribution in [2.24, 2.45) is 11.8 Å². The van der Waals surface area contributed by atoms with Crippen molar-refractivity contribution in [3.05, 3.63) is 58.9 Å². The molecule has 2 aliphatic carbocycles. The Balaban J connectivity index is 1.40. The third-order valence-electron chi connectivity index (χ3n) is 7.15. The van der Waals surface area contributed by atoms with Crippen LogP contribution in [0.3, 0.4) is 0 Å². The average molecular weight is 544 g/mol. The summed E-state index contributed by atoms with van der Waals surface area (Å²) in [6.45, 7) is 0. The fourth-order valence-corrected chi connectivity index (χ4v) is 5.61. The van der Waals surface area contributed by atoms with E-state index >= 15 is 0 Å². The molecule has 2 saturated carbocycles. The fraction of sp³-hybridized carbons (Fsp3) is 0.458. The molecule has 198 valence electrons. The number of carbonyl (C=O) groups excluding carboxylic acids is 2. The molecular formula is C24H22F5N3O4S. The molecule has 1 aromatic heterocycles. The van der Waals surface area contributed by atoms with Gasteiger partial charge in [-0.05, 0) is 55.7 Å². The highest BCUT2D eigenvalue weighted by Crippen LogP contribution is 2.49. The molecule has 4 atom stereocenters. The Bertz CT molecular complexity index is 1390. The summed E-state index contributed by atoms with van der Waals surface area (Å²) >= 11 is 0. The van der Waals surface area contributed by atoms with Crippen LogP contribution >= 0.6 is 0 Å². The third-order valence-corrected chi connectivity index (χ3v) is 8.23. The van der Waals surface area contributed by atoms with Crippen LogP contribution in [0.2, 0.25) is 0 Å². The maximum absolute atomic E-state index is 14.7. The number of fused-ring (bicyclic) bond motifs is 1. The van der Waals surface area contributed by atoms with Crippen molar-refractivity contribution in [3.63, 3.8) is 0 Å². The van der Waals surface area contributed by atoms with Crippen LogP contribution in [-0.4, -0.2) is 48.5 Å². The number of sulfone groups is 1. The first-order chi connectivity index (χ1) is 17.3. The Morgan fingerprint density at radius 1 is 1.08 bits per heavy atom. The van der Waals surface area contributed by atoms with Crippen molar-refractivity contribution in [1.29, 1.82) is 0 Å². The van der Waals surface area contributed by atoms with Crippen LogP contribution in [0, 0.1) is 23.5 Å². The number of hydrogen-bond acceptors (Lipinski definition) is 5. The first-order valence-corrected chi connectivity index (χ1v) is 13.5. The topological polar surface area (TPSA) is 96.4 Å². The van der Waals surface area contributed by atoms with Gasteiger partial charge in [0.05, 0.1) is 22.1 Å². The summed E-state index contributed by atoms with van der Waals surface area (Å²) < 4.78 is 91.7. The SMILES string of the molecule is CS(=O)(=O)c1cncc(C(=O)N2C(C(=O)NC(c3cc(F)c(C(F)(F)F)cc3F)C3CC3)CC3CC32)c1. The van der Waals surface area contributed by atoms with Gasteiger partial charge in [0.1, 0.15) is 17.7 Å². The number of rotatable bonds is 6. The van der Waals surface area contributed by atoms with Gasteiger partial charge in [0.15, 0.2) is 9.84 Å². The van der Waals surface area contributed by atoms with E-state index in [1.54, 1.807) is 0 Å². The number of halogens is 5. The van der Waals surface area contributed by atoms with Gasteiger partial charge in [-0.3, -0.25) is 14.6 Å². The summed E-state index contributed by atoms with van der Waals surface area (Å²) in [5.74, 6) is -4.37. The standard InChI is InChI=1S/C24H22F5N3O4S/c1-37(35,36)14-4-13(9-30-10-14)23(34)32-19-5-12(19)6-20(32)22(33)31-21(11-2-3-11)15-7-18(26)16(8-17(15)25)24(27,28)29/h4,7-12,19-21H,2-3,5-6H2,1H3,(H,31,33). The van der Waals surface area contributed by atoms with Crippen molar-refractivity contribution in [2.75, 3.05) is 6.26 Å². The molecule has 1 N–H and O–H groups in total. The number of hydrogen-bond donors (Lipinski definition) is 1. The Morgan fingerprint density at radius 2 is 1.78 bits per heavy atom. The van der Waals surface area contributed by atoms with Crippen LogP contribution in [-0.2, 0) is 20.8 Å². The van der Waals surface area contributed by atoms with E-state index in [-0.39, 0.29) is 40.0 Å². The van der Waals surface area contributed by atoms with E-state index in [0.29, 0.717) is 31.7 Å². The van der Waals surface area contributed by atoms with Gasteiger partial charge < -0.3 is 10.2 Å². The fourth-order valence-electron chi connectivity index (χ4n) is 5.02. The molecule has 7 nitrogen and oxygen atoms in total. The molecule has 1 saturated heterocycles. The number of likely N-dealkylation sites (tertiary alicyclic amines) is 1. The monoisotopic (exact) mass is 543 g/mol. The molecule has 2 amide bonds. The number of aromatic nitrogens is 1. The first-order valence-electron chi connectivity index (χ1n) is 11.6. The second-order valence-electron chi connectivity index (χ2n) is 9.88. The maximum Gasteiger partial charge on any atom is 0.419 e. The van der Waals surface area contributed by atoms with E-state index < -0.39 is 57.1 Å². The molecular weight excluding hydrogens is 521 g/mol. The van der Waals surface area contributed by atoms with Gasteiger partial charge in [-0.1, -0.05) is 0 Å². The molecule has 0 bridgehead atoms. The van der Waals surface area contributed by atoms with Gasteiger partial charge in [-0.15, -0.1) is 0 Å². The summed E-state index contributed by atoms with van der Waals surface area (Å²) in [6, 6.07) is -0.504. The third kappa shape index (κ3) is 4.92. The van der Waals surface area contributed by atoms with Crippen LogP contribution in [0.1, 0.15) is 53.2 Å². The van der Waals surface area contributed by atoms with E-state index in [4.69, 9.17) is 0 Å². The van der Waals surface area contributed by atoms with E-state index in [1.165, 1.54) is 17.2 Å². The highest BCUT2D eigenvalue weighted by molar-refractivity contribution is 7.90. The Morgan fingerprint density at radius 3 is 2.41 bits per heavy atom. The zero-order chi connectivity index (χ0) is 26.9. The zero-order valence-corrected chi connectivity index (χ0v) is 20.2. The number of carbonyl (C=O) groups is 2. The number of piperidine rings is 1. The Kier molecular flexibility index (Phi) is 6.04. The van der Waals surface area contributed by atoms with Crippen LogP contribution in [0.25, 0.3) is 0 Å². The van der Waals surface area contributed by atoms with Gasteiger partial charge >= 0.3 is 6.18 Å². The van der Waals surface area contributed by atoms with Crippen molar-refractivity contribution < 1.29 is 40.0 Å². The molecule has 0 spiro atoms. The van der Waals surface area contributed by atoms with Gasteiger partial charge in [-0.25, -0.2) is 17.2 Å². The second-order valence-corrected chi connectivity index (χ2v) is 11.9. The molecule has 13 heteroatoms. The molecule has 2 aromatic rings. The number of alkyl halides is 3. The minimum absolute atomic E-state index is 0.0112. The van der Waals surface area contributed by atoms with E-state index in [1.807, 2.05) is 0 Å². The van der Waals surface area contributed by atoms with Crippen LogP contribution < -0.4 is 5.32 Å². The summed E-state index contributed by atoms with van der Waals surface area (Å²) in [4.78, 5) is 31.6. The lowest BCUT2D eigenvalue weighted by Crippen LogP contribution is -2.49. The summed E-state index contributed by atoms with van der Waals surface area (Å²) in [6.07, 6.45) is 0.333. The molecule has 3 fully saturated rings. The number of nitrogens with one attached hydrogen (secondary N) is 1. The number of pyridine rings is 1. The van der Waals surface area contributed by atoms with Crippen LogP contribution in [0.4, 0.5) is 22.0 Å². The maximum atomic E-state index is 14.7. The van der Waals surface area contributed by atoms with E-state index in [2.05, 4.69) is 10.3 Å². The minimum atomic E-state index is -5.07. The predicted octanol–water partition coefficient (Wildman–Crippen LogP) is 3.65. The van der Waals surface area contributed by atoms with Crippen LogP contribution in [0.5, 0.6) is 0 Å². The molecule has 5 rings (SSSR count). The van der Waals surface area contributed by atoms with Crippen molar-refractivity contribution in [2.45, 2.75) is 54.9 Å². The smallest absolute Gasteiger partial charge is 0.347 e. The van der Waals surface area contributed by atoms with Crippen molar-refractivity contribution in [1.82, 2.24) is 15.2 Å².